The summed E-state index contributed by atoms with van der Waals surface area (Å²) in [6.45, 7) is 5.61. The molecule has 178 valence electrons. The molecule has 3 aromatic heterocycles. The molecule has 1 atom stereocenters. The van der Waals surface area contributed by atoms with E-state index < -0.39 is 0 Å². The zero-order chi connectivity index (χ0) is 24.3. The molecule has 8 nitrogen and oxygen atoms in total. The molecule has 6 rings (SSSR count). The van der Waals surface area contributed by atoms with Crippen LogP contribution < -0.4 is 16.2 Å². The van der Waals surface area contributed by atoms with Gasteiger partial charge >= 0.3 is 0 Å². The number of aromatic amines is 2. The van der Waals surface area contributed by atoms with Crippen LogP contribution in [0.3, 0.4) is 0 Å². The minimum atomic E-state index is -0.284. The molecule has 2 aliphatic rings. The van der Waals surface area contributed by atoms with Crippen LogP contribution in [-0.2, 0) is 6.42 Å². The molecule has 0 amide bonds. The van der Waals surface area contributed by atoms with Gasteiger partial charge in [0, 0.05) is 36.5 Å². The summed E-state index contributed by atoms with van der Waals surface area (Å²) in [6, 6.07) is 10.1. The van der Waals surface area contributed by atoms with E-state index in [4.69, 9.17) is 28.9 Å². The van der Waals surface area contributed by atoms with Gasteiger partial charge in [0.1, 0.15) is 10.5 Å². The van der Waals surface area contributed by atoms with Gasteiger partial charge in [-0.25, -0.2) is 4.98 Å². The molecule has 4 heterocycles. The number of hydrogen-bond acceptors (Lipinski definition) is 6. The fourth-order valence-corrected chi connectivity index (χ4v) is 5.76. The molecule has 0 unspecified atom stereocenters. The largest absolute Gasteiger partial charge is 0.342 e. The lowest BCUT2D eigenvalue weighted by atomic mass is 9.73. The predicted molar refractivity (Wildman–Crippen MR) is 138 cm³/mol. The predicted octanol–water partition coefficient (Wildman–Crippen LogP) is 4.25. The summed E-state index contributed by atoms with van der Waals surface area (Å²) in [4.78, 5) is 26.9. The van der Waals surface area contributed by atoms with Crippen LogP contribution in [-0.4, -0.2) is 38.2 Å². The number of halogens is 2. The second-order valence-corrected chi connectivity index (χ2v) is 10.1. The molecule has 0 bridgehead atoms. The Morgan fingerprint density at radius 1 is 1.23 bits per heavy atom. The van der Waals surface area contributed by atoms with E-state index in [-0.39, 0.29) is 22.2 Å². The number of H-pyrrole nitrogens is 2. The minimum absolute atomic E-state index is 0.0334. The van der Waals surface area contributed by atoms with Crippen molar-refractivity contribution in [2.45, 2.75) is 25.3 Å². The Kier molecular flexibility index (Phi) is 5.21. The topological polar surface area (TPSA) is 117 Å². The highest BCUT2D eigenvalue weighted by atomic mass is 35.5. The first-order chi connectivity index (χ1) is 16.9. The number of anilines is 1. The average Bonchev–Trinajstić information content (AvgIpc) is 3.41. The number of pyridine rings is 1. The molecule has 1 fully saturated rings. The molecular weight excluding hydrogens is 485 g/mol. The second-order valence-electron chi connectivity index (χ2n) is 9.36. The van der Waals surface area contributed by atoms with E-state index in [2.05, 4.69) is 60.9 Å². The van der Waals surface area contributed by atoms with Crippen LogP contribution in [0.1, 0.15) is 41.3 Å². The molecule has 1 saturated heterocycles. The maximum atomic E-state index is 13.1. The fourth-order valence-electron chi connectivity index (χ4n) is 5.49. The summed E-state index contributed by atoms with van der Waals surface area (Å²) in [5, 5.41) is 8.03. The summed E-state index contributed by atoms with van der Waals surface area (Å²) >= 11 is 12.0. The molecule has 1 aromatic carbocycles. The normalized spacial score (nSPS) is 18.8. The van der Waals surface area contributed by atoms with Crippen LogP contribution in [0.5, 0.6) is 0 Å². The van der Waals surface area contributed by atoms with Crippen LogP contribution in [0, 0.1) is 5.41 Å². The van der Waals surface area contributed by atoms with E-state index in [1.807, 2.05) is 0 Å². The van der Waals surface area contributed by atoms with Crippen molar-refractivity contribution >= 4 is 45.8 Å². The third-order valence-corrected chi connectivity index (χ3v) is 8.20. The Balaban J connectivity index is 1.26. The second kappa shape index (κ2) is 8.19. The molecule has 1 aliphatic heterocycles. The van der Waals surface area contributed by atoms with E-state index in [1.165, 1.54) is 11.1 Å². The van der Waals surface area contributed by atoms with Gasteiger partial charge in [-0.2, -0.15) is 10.1 Å². The summed E-state index contributed by atoms with van der Waals surface area (Å²) in [5.74, 6) is 0.515. The maximum Gasteiger partial charge on any atom is 0.264 e. The molecular formula is C25H23Cl2N7O. The van der Waals surface area contributed by atoms with Gasteiger partial charge in [0.25, 0.3) is 5.56 Å². The lowest BCUT2D eigenvalue weighted by Gasteiger charge is -2.42. The monoisotopic (exact) mass is 507 g/mol. The molecule has 35 heavy (non-hydrogen) atoms. The quantitative estimate of drug-likeness (QED) is 0.357. The van der Waals surface area contributed by atoms with Gasteiger partial charge in [-0.05, 0) is 41.9 Å². The zero-order valence-corrected chi connectivity index (χ0v) is 20.3. The third-order valence-electron chi connectivity index (χ3n) is 7.51. The van der Waals surface area contributed by atoms with E-state index in [9.17, 15) is 4.79 Å². The van der Waals surface area contributed by atoms with Gasteiger partial charge < -0.3 is 10.6 Å². The Morgan fingerprint density at radius 3 is 2.74 bits per heavy atom. The standard InChI is InChI=1S/C25H23Cl2N7O/c1-13(15-10-17(26)21(27)29-12-15)19-18-22(33-32-19)30-24(31-23(18)35)34-8-6-25(7-9-34)11-14-4-2-3-5-16(14)20(25)28/h2-5,10,12,20H,1,6-9,11,28H2,(H2,30,31,32,33,35)/t20-/m1/s1. The average molecular weight is 508 g/mol. The van der Waals surface area contributed by atoms with Crippen molar-refractivity contribution < 1.29 is 0 Å². The molecule has 4 N–H and O–H groups in total. The van der Waals surface area contributed by atoms with E-state index in [0.717, 1.165) is 32.4 Å². The van der Waals surface area contributed by atoms with Crippen LogP contribution in [0.15, 0.2) is 47.9 Å². The highest BCUT2D eigenvalue weighted by molar-refractivity contribution is 6.41. The Hall–Kier alpha value is -3.20. The van der Waals surface area contributed by atoms with Gasteiger partial charge in [-0.15, -0.1) is 0 Å². The number of fused-ring (bicyclic) bond motifs is 2. The smallest absolute Gasteiger partial charge is 0.264 e. The molecule has 4 aromatic rings. The molecule has 0 saturated carbocycles. The Bertz CT molecular complexity index is 1530. The van der Waals surface area contributed by atoms with E-state index >= 15 is 0 Å². The van der Waals surface area contributed by atoms with Crippen LogP contribution in [0.4, 0.5) is 5.95 Å². The van der Waals surface area contributed by atoms with Crippen molar-refractivity contribution in [3.8, 4) is 0 Å². The van der Waals surface area contributed by atoms with Gasteiger partial charge in [0.05, 0.1) is 10.7 Å². The van der Waals surface area contributed by atoms with Crippen molar-refractivity contribution in [2.24, 2.45) is 11.1 Å². The summed E-state index contributed by atoms with van der Waals surface area (Å²) in [6.07, 6.45) is 4.40. The van der Waals surface area contributed by atoms with Gasteiger partial charge in [-0.1, -0.05) is 54.0 Å². The molecule has 1 aliphatic carbocycles. The highest BCUT2D eigenvalue weighted by Crippen LogP contribution is 2.50. The molecule has 10 heteroatoms. The van der Waals surface area contributed by atoms with E-state index in [0.29, 0.717) is 38.8 Å². The molecule has 0 radical (unpaired) electrons. The van der Waals surface area contributed by atoms with Gasteiger partial charge in [-0.3, -0.25) is 14.9 Å². The fraction of sp³-hybridized carbons (Fsp3) is 0.280. The van der Waals surface area contributed by atoms with Crippen molar-refractivity contribution in [1.29, 1.82) is 0 Å². The summed E-state index contributed by atoms with van der Waals surface area (Å²) < 4.78 is 0. The van der Waals surface area contributed by atoms with Gasteiger partial charge in [0.15, 0.2) is 5.65 Å². The highest BCUT2D eigenvalue weighted by Gasteiger charge is 2.46. The van der Waals surface area contributed by atoms with Crippen LogP contribution in [0.2, 0.25) is 10.2 Å². The third kappa shape index (κ3) is 3.55. The van der Waals surface area contributed by atoms with Crippen molar-refractivity contribution in [2.75, 3.05) is 18.0 Å². The van der Waals surface area contributed by atoms with Crippen molar-refractivity contribution in [3.63, 3.8) is 0 Å². The number of nitrogens with zero attached hydrogens (tertiary/aromatic N) is 4. The SMILES string of the molecule is C=C(c1cnc(Cl)c(Cl)c1)c1[nH]nc2nc(N3CCC4(CC3)Cc3ccccc3[C@H]4N)[nH]c(=O)c12. The number of aromatic nitrogens is 5. The minimum Gasteiger partial charge on any atom is -0.342 e. The number of rotatable bonds is 3. The number of hydrogen-bond donors (Lipinski definition) is 3. The number of benzene rings is 1. The summed E-state index contributed by atoms with van der Waals surface area (Å²) in [7, 11) is 0. The lowest BCUT2D eigenvalue weighted by molar-refractivity contribution is 0.187. The molecule has 1 spiro atoms. The van der Waals surface area contributed by atoms with Crippen LogP contribution >= 0.6 is 23.2 Å². The number of piperidine rings is 1. The first kappa shape index (κ1) is 22.3. The Morgan fingerprint density at radius 2 is 2.00 bits per heavy atom. The van der Waals surface area contributed by atoms with Crippen LogP contribution in [0.25, 0.3) is 16.6 Å². The van der Waals surface area contributed by atoms with Gasteiger partial charge in [0.2, 0.25) is 5.95 Å². The number of nitrogens with one attached hydrogen (secondary N) is 2. The first-order valence-corrected chi connectivity index (χ1v) is 12.2. The first-order valence-electron chi connectivity index (χ1n) is 11.4. The summed E-state index contributed by atoms with van der Waals surface area (Å²) in [5.41, 5.74) is 11.0. The Labute approximate surface area is 211 Å². The van der Waals surface area contributed by atoms with E-state index in [1.54, 1.807) is 12.3 Å². The number of nitrogens with two attached hydrogens (primary N) is 1. The lowest BCUT2D eigenvalue weighted by Crippen LogP contribution is -2.45. The van der Waals surface area contributed by atoms with Crippen molar-refractivity contribution in [3.05, 3.63) is 86.0 Å². The maximum absolute atomic E-state index is 13.1. The van der Waals surface area contributed by atoms with Crippen molar-refractivity contribution in [1.82, 2.24) is 25.1 Å². The zero-order valence-electron chi connectivity index (χ0n) is 18.8.